The van der Waals surface area contributed by atoms with E-state index in [0.717, 1.165) is 41.9 Å². The maximum atomic E-state index is 13.1. The first-order valence-electron chi connectivity index (χ1n) is 10.1. The number of likely N-dealkylation sites (tertiary alicyclic amines) is 1. The van der Waals surface area contributed by atoms with Crippen molar-refractivity contribution < 1.29 is 9.59 Å². The van der Waals surface area contributed by atoms with Crippen LogP contribution in [0.5, 0.6) is 0 Å². The molecule has 2 aliphatic rings. The number of thiazole rings is 1. The monoisotopic (exact) mass is 398 g/mol. The van der Waals surface area contributed by atoms with Gasteiger partial charge in [-0.2, -0.15) is 0 Å². The molecule has 148 valence electrons. The van der Waals surface area contributed by atoms with Gasteiger partial charge >= 0.3 is 0 Å². The highest BCUT2D eigenvalue weighted by atomic mass is 32.1. The second-order valence-electron chi connectivity index (χ2n) is 7.76. The molecule has 1 unspecified atom stereocenters. The molecule has 2 amide bonds. The number of nitrogens with zero attached hydrogens (tertiary/aromatic N) is 3. The Labute approximate surface area is 169 Å². The number of hydrogen-bond donors (Lipinski definition) is 1. The fraction of sp³-hybridized carbons (Fsp3) is 0.524. The maximum absolute atomic E-state index is 13.1. The third-order valence-electron chi connectivity index (χ3n) is 5.68. The van der Waals surface area contributed by atoms with Crippen LogP contribution in [0.3, 0.4) is 0 Å². The number of carbonyl (C=O) groups is 2. The molecule has 4 rings (SSSR count). The summed E-state index contributed by atoms with van der Waals surface area (Å²) >= 11 is 1.41. The molecule has 2 aromatic rings. The number of pyridine rings is 1. The molecule has 1 saturated heterocycles. The van der Waals surface area contributed by atoms with Gasteiger partial charge in [-0.15, -0.1) is 11.3 Å². The van der Waals surface area contributed by atoms with Gasteiger partial charge in [0.1, 0.15) is 9.88 Å². The van der Waals surface area contributed by atoms with E-state index >= 15 is 0 Å². The molecular formula is C21H26N4O2S. The minimum atomic E-state index is -0.107. The lowest BCUT2D eigenvalue weighted by atomic mass is 9.96. The number of carbonyl (C=O) groups excluding carboxylic acids is 2. The van der Waals surface area contributed by atoms with Crippen molar-refractivity contribution in [2.24, 2.45) is 5.92 Å². The van der Waals surface area contributed by atoms with E-state index < -0.39 is 0 Å². The number of aromatic nitrogens is 2. The standard InChI is InChI=1S/C21H26N4O2S/c1-14-18(28-20(23-14)15-6-4-10-22-12-15)21(27)25-11-5-7-16(13-25)19(26)24-17-8-2-3-9-17/h4,6,10,12,16-17H,2-3,5,7-9,11,13H2,1H3,(H,24,26). The molecule has 7 heteroatoms. The SMILES string of the molecule is Cc1nc(-c2cccnc2)sc1C(=O)N1CCCC(C(=O)NC2CCCC2)C1. The summed E-state index contributed by atoms with van der Waals surface area (Å²) in [6.07, 6.45) is 9.76. The molecule has 0 aromatic carbocycles. The highest BCUT2D eigenvalue weighted by molar-refractivity contribution is 7.17. The first-order chi connectivity index (χ1) is 13.6. The van der Waals surface area contributed by atoms with Crippen LogP contribution in [0, 0.1) is 12.8 Å². The molecule has 1 atom stereocenters. The Morgan fingerprint density at radius 3 is 2.79 bits per heavy atom. The number of piperidine rings is 1. The van der Waals surface area contributed by atoms with Gasteiger partial charge in [0.05, 0.1) is 11.6 Å². The van der Waals surface area contributed by atoms with Gasteiger partial charge in [0.15, 0.2) is 0 Å². The lowest BCUT2D eigenvalue weighted by Crippen LogP contribution is -2.47. The van der Waals surface area contributed by atoms with Crippen LogP contribution >= 0.6 is 11.3 Å². The Morgan fingerprint density at radius 2 is 2.04 bits per heavy atom. The largest absolute Gasteiger partial charge is 0.353 e. The second-order valence-corrected chi connectivity index (χ2v) is 8.75. The lowest BCUT2D eigenvalue weighted by Gasteiger charge is -2.32. The van der Waals surface area contributed by atoms with Crippen LogP contribution in [-0.4, -0.2) is 45.8 Å². The Kier molecular flexibility index (Phi) is 5.71. The Bertz CT molecular complexity index is 845. The molecule has 28 heavy (non-hydrogen) atoms. The number of nitrogens with one attached hydrogen (secondary N) is 1. The second kappa shape index (κ2) is 8.39. The van der Waals surface area contributed by atoms with E-state index in [-0.39, 0.29) is 17.7 Å². The van der Waals surface area contributed by atoms with Gasteiger partial charge in [0, 0.05) is 37.1 Å². The quantitative estimate of drug-likeness (QED) is 0.856. The summed E-state index contributed by atoms with van der Waals surface area (Å²) in [5.74, 6) is -0.00527. The molecule has 2 fully saturated rings. The molecule has 3 heterocycles. The molecule has 2 aromatic heterocycles. The van der Waals surface area contributed by atoms with Gasteiger partial charge in [-0.3, -0.25) is 14.6 Å². The van der Waals surface area contributed by atoms with Gasteiger partial charge in [0.25, 0.3) is 5.91 Å². The van der Waals surface area contributed by atoms with Crippen molar-refractivity contribution in [2.75, 3.05) is 13.1 Å². The lowest BCUT2D eigenvalue weighted by molar-refractivity contribution is -0.127. The van der Waals surface area contributed by atoms with Crippen molar-refractivity contribution in [2.45, 2.75) is 51.5 Å². The minimum Gasteiger partial charge on any atom is -0.353 e. The van der Waals surface area contributed by atoms with Gasteiger partial charge < -0.3 is 10.2 Å². The van der Waals surface area contributed by atoms with Crippen molar-refractivity contribution in [3.63, 3.8) is 0 Å². The van der Waals surface area contributed by atoms with Gasteiger partial charge in [-0.05, 0) is 44.7 Å². The smallest absolute Gasteiger partial charge is 0.265 e. The average molecular weight is 399 g/mol. The Hall–Kier alpha value is -2.28. The van der Waals surface area contributed by atoms with Gasteiger partial charge in [-0.1, -0.05) is 12.8 Å². The molecule has 0 radical (unpaired) electrons. The summed E-state index contributed by atoms with van der Waals surface area (Å²) in [4.78, 5) is 37.0. The fourth-order valence-corrected chi connectivity index (χ4v) is 5.14. The van der Waals surface area contributed by atoms with Crippen LogP contribution < -0.4 is 5.32 Å². The zero-order chi connectivity index (χ0) is 19.5. The highest BCUT2D eigenvalue weighted by Crippen LogP contribution is 2.29. The molecule has 0 spiro atoms. The van der Waals surface area contributed by atoms with Crippen LogP contribution in [0.15, 0.2) is 24.5 Å². The van der Waals surface area contributed by atoms with Crippen LogP contribution in [0.4, 0.5) is 0 Å². The zero-order valence-electron chi connectivity index (χ0n) is 16.2. The minimum absolute atomic E-state index is 0.0106. The first kappa shape index (κ1) is 19.1. The van der Waals surface area contributed by atoms with Gasteiger partial charge in [0.2, 0.25) is 5.91 Å². The summed E-state index contributed by atoms with van der Waals surface area (Å²) in [6.45, 7) is 3.07. The third kappa shape index (κ3) is 4.09. The van der Waals surface area contributed by atoms with E-state index in [2.05, 4.69) is 15.3 Å². The summed E-state index contributed by atoms with van der Waals surface area (Å²) in [7, 11) is 0. The normalized spacial score (nSPS) is 20.3. The maximum Gasteiger partial charge on any atom is 0.265 e. The summed E-state index contributed by atoms with van der Waals surface area (Å²) in [5, 5.41) is 4.00. The van der Waals surface area contributed by atoms with Crippen molar-refractivity contribution >= 4 is 23.2 Å². The molecule has 0 bridgehead atoms. The Morgan fingerprint density at radius 1 is 1.21 bits per heavy atom. The number of amides is 2. The molecular weight excluding hydrogens is 372 g/mol. The number of rotatable bonds is 4. The van der Waals surface area contributed by atoms with Crippen molar-refractivity contribution in [1.29, 1.82) is 0 Å². The van der Waals surface area contributed by atoms with Gasteiger partial charge in [-0.25, -0.2) is 4.98 Å². The number of hydrogen-bond acceptors (Lipinski definition) is 5. The molecule has 1 aliphatic heterocycles. The summed E-state index contributed by atoms with van der Waals surface area (Å²) < 4.78 is 0. The van der Waals surface area contributed by atoms with E-state index in [1.807, 2.05) is 24.0 Å². The van der Waals surface area contributed by atoms with Crippen molar-refractivity contribution in [1.82, 2.24) is 20.2 Å². The Balaban J connectivity index is 1.44. The van der Waals surface area contributed by atoms with Crippen LogP contribution in [-0.2, 0) is 4.79 Å². The zero-order valence-corrected chi connectivity index (χ0v) is 17.0. The van der Waals surface area contributed by atoms with E-state index in [1.54, 1.807) is 12.4 Å². The van der Waals surface area contributed by atoms with E-state index in [9.17, 15) is 9.59 Å². The molecule has 1 saturated carbocycles. The third-order valence-corrected chi connectivity index (χ3v) is 6.87. The van der Waals surface area contributed by atoms with E-state index in [1.165, 1.54) is 24.2 Å². The molecule has 1 N–H and O–H groups in total. The molecule has 1 aliphatic carbocycles. The van der Waals surface area contributed by atoms with E-state index in [4.69, 9.17) is 0 Å². The first-order valence-corrected chi connectivity index (χ1v) is 10.9. The fourth-order valence-electron chi connectivity index (χ4n) is 4.12. The van der Waals surface area contributed by atoms with E-state index in [0.29, 0.717) is 24.0 Å². The molecule has 6 nitrogen and oxygen atoms in total. The summed E-state index contributed by atoms with van der Waals surface area (Å²) in [6, 6.07) is 4.14. The van der Waals surface area contributed by atoms with Crippen LogP contribution in [0.25, 0.3) is 10.6 Å². The van der Waals surface area contributed by atoms with Crippen molar-refractivity contribution in [3.8, 4) is 10.6 Å². The average Bonchev–Trinajstić information content (AvgIpc) is 3.38. The van der Waals surface area contributed by atoms with Crippen LogP contribution in [0.1, 0.15) is 53.9 Å². The predicted molar refractivity (Wildman–Crippen MR) is 109 cm³/mol. The number of aryl methyl sites for hydroxylation is 1. The van der Waals surface area contributed by atoms with Crippen LogP contribution in [0.2, 0.25) is 0 Å². The van der Waals surface area contributed by atoms with Crippen molar-refractivity contribution in [3.05, 3.63) is 35.1 Å². The highest BCUT2D eigenvalue weighted by Gasteiger charge is 2.31. The predicted octanol–water partition coefficient (Wildman–Crippen LogP) is 3.42. The summed E-state index contributed by atoms with van der Waals surface area (Å²) in [5.41, 5.74) is 1.66. The topological polar surface area (TPSA) is 75.2 Å².